The summed E-state index contributed by atoms with van der Waals surface area (Å²) in [7, 11) is 3.19. The number of halogens is 1. The molecule has 0 bridgehead atoms. The second-order valence-electron chi connectivity index (χ2n) is 6.93. The summed E-state index contributed by atoms with van der Waals surface area (Å²) in [6.45, 7) is 5.87. The number of benzene rings is 1. The first-order valence-corrected chi connectivity index (χ1v) is 9.60. The first-order valence-electron chi connectivity index (χ1n) is 8.81. The molecular weight excluding hydrogens is 400 g/mol. The summed E-state index contributed by atoms with van der Waals surface area (Å²) in [6.07, 6.45) is 0.960. The highest BCUT2D eigenvalue weighted by atomic mass is 79.9. The molecule has 2 rings (SSSR count). The molecule has 7 heteroatoms. The molecule has 0 spiro atoms. The number of nitrogens with one attached hydrogen (secondary N) is 1. The van der Waals surface area contributed by atoms with Gasteiger partial charge in [-0.2, -0.15) is 0 Å². The van der Waals surface area contributed by atoms with Crippen molar-refractivity contribution in [1.82, 2.24) is 10.2 Å². The largest absolute Gasteiger partial charge is 0.493 e. The van der Waals surface area contributed by atoms with Crippen molar-refractivity contribution in [2.45, 2.75) is 26.7 Å². The van der Waals surface area contributed by atoms with Crippen LogP contribution in [0.4, 0.5) is 0 Å². The summed E-state index contributed by atoms with van der Waals surface area (Å²) in [5.41, 5.74) is 1.02. The standard InChI is InChI=1S/C19H27BrN2O4/c1-12(2)10-22-11-14(8-18(22)23)19(24)21-6-5-13-7-16(25-3)17(26-4)9-15(13)20/h7,9,12,14H,5-6,8,10-11H2,1-4H3,(H,21,24)/t14-/m1/s1. The minimum atomic E-state index is -0.255. The van der Waals surface area contributed by atoms with Crippen LogP contribution in [0.5, 0.6) is 11.5 Å². The van der Waals surface area contributed by atoms with Crippen molar-refractivity contribution in [3.8, 4) is 11.5 Å². The van der Waals surface area contributed by atoms with E-state index in [9.17, 15) is 9.59 Å². The highest BCUT2D eigenvalue weighted by Gasteiger charge is 2.34. The molecule has 144 valence electrons. The Labute approximate surface area is 163 Å². The van der Waals surface area contributed by atoms with Gasteiger partial charge in [0.25, 0.3) is 0 Å². The second-order valence-corrected chi connectivity index (χ2v) is 7.79. The molecule has 1 heterocycles. The van der Waals surface area contributed by atoms with Crippen molar-refractivity contribution in [2.75, 3.05) is 33.9 Å². The molecule has 1 saturated heterocycles. The summed E-state index contributed by atoms with van der Waals surface area (Å²) in [5.74, 6) is 1.48. The van der Waals surface area contributed by atoms with Crippen LogP contribution in [-0.4, -0.2) is 50.6 Å². The number of carbonyl (C=O) groups excluding carboxylic acids is 2. The number of hydrogen-bond acceptors (Lipinski definition) is 4. The van der Waals surface area contributed by atoms with E-state index in [1.165, 1.54) is 0 Å². The van der Waals surface area contributed by atoms with E-state index in [1.807, 2.05) is 12.1 Å². The third-order valence-corrected chi connectivity index (χ3v) is 5.16. The van der Waals surface area contributed by atoms with Crippen LogP contribution in [0.15, 0.2) is 16.6 Å². The zero-order valence-corrected chi connectivity index (χ0v) is 17.4. The van der Waals surface area contributed by atoms with Crippen molar-refractivity contribution >= 4 is 27.7 Å². The monoisotopic (exact) mass is 426 g/mol. The van der Waals surface area contributed by atoms with Gasteiger partial charge in [-0.15, -0.1) is 0 Å². The van der Waals surface area contributed by atoms with Gasteiger partial charge in [0.15, 0.2) is 11.5 Å². The maximum Gasteiger partial charge on any atom is 0.225 e. The number of hydrogen-bond donors (Lipinski definition) is 1. The Bertz CT molecular complexity index is 663. The minimum absolute atomic E-state index is 0.0544. The lowest BCUT2D eigenvalue weighted by Gasteiger charge is -2.18. The number of amides is 2. The number of likely N-dealkylation sites (tertiary alicyclic amines) is 1. The molecule has 26 heavy (non-hydrogen) atoms. The fourth-order valence-corrected chi connectivity index (χ4v) is 3.64. The van der Waals surface area contributed by atoms with E-state index in [0.717, 1.165) is 10.0 Å². The minimum Gasteiger partial charge on any atom is -0.493 e. The molecule has 6 nitrogen and oxygen atoms in total. The maximum atomic E-state index is 12.4. The van der Waals surface area contributed by atoms with Gasteiger partial charge in [0.1, 0.15) is 0 Å². The molecule has 0 unspecified atom stereocenters. The molecule has 0 aliphatic carbocycles. The Kier molecular flexibility index (Phi) is 7.32. The smallest absolute Gasteiger partial charge is 0.225 e. The zero-order valence-electron chi connectivity index (χ0n) is 15.8. The molecular formula is C19H27BrN2O4. The van der Waals surface area contributed by atoms with Crippen LogP contribution in [0, 0.1) is 11.8 Å². The Morgan fingerprint density at radius 1 is 1.31 bits per heavy atom. The van der Waals surface area contributed by atoms with Crippen molar-refractivity contribution in [1.29, 1.82) is 0 Å². The van der Waals surface area contributed by atoms with Gasteiger partial charge in [-0.05, 0) is 30.0 Å². The molecule has 0 saturated carbocycles. The van der Waals surface area contributed by atoms with Crippen LogP contribution in [0.2, 0.25) is 0 Å². The van der Waals surface area contributed by atoms with Crippen molar-refractivity contribution in [3.05, 3.63) is 22.2 Å². The first-order chi connectivity index (χ1) is 12.3. The summed E-state index contributed by atoms with van der Waals surface area (Å²) in [5, 5.41) is 2.95. The lowest BCUT2D eigenvalue weighted by molar-refractivity contribution is -0.129. The van der Waals surface area contributed by atoms with Gasteiger partial charge in [-0.1, -0.05) is 29.8 Å². The maximum absolute atomic E-state index is 12.4. The number of carbonyl (C=O) groups is 2. The molecule has 0 aromatic heterocycles. The highest BCUT2D eigenvalue weighted by Crippen LogP contribution is 2.33. The SMILES string of the molecule is COc1cc(Br)c(CCNC(=O)[C@@H]2CC(=O)N(CC(C)C)C2)cc1OC. The summed E-state index contributed by atoms with van der Waals surface area (Å²) < 4.78 is 11.5. The van der Waals surface area contributed by atoms with Gasteiger partial charge >= 0.3 is 0 Å². The molecule has 1 atom stereocenters. The summed E-state index contributed by atoms with van der Waals surface area (Å²) >= 11 is 3.52. The number of rotatable bonds is 8. The van der Waals surface area contributed by atoms with Gasteiger partial charge in [0.05, 0.1) is 20.1 Å². The van der Waals surface area contributed by atoms with E-state index in [1.54, 1.807) is 19.1 Å². The summed E-state index contributed by atoms with van der Waals surface area (Å²) in [6, 6.07) is 3.76. The Morgan fingerprint density at radius 2 is 1.96 bits per heavy atom. The predicted octanol–water partition coefficient (Wildman–Crippen LogP) is 2.63. The molecule has 1 aromatic carbocycles. The van der Waals surface area contributed by atoms with E-state index in [0.29, 0.717) is 49.9 Å². The van der Waals surface area contributed by atoms with E-state index >= 15 is 0 Å². The number of ether oxygens (including phenoxy) is 2. The van der Waals surface area contributed by atoms with E-state index in [4.69, 9.17) is 9.47 Å². The normalized spacial score (nSPS) is 16.9. The topological polar surface area (TPSA) is 67.9 Å². The van der Waals surface area contributed by atoms with Gasteiger partial charge in [-0.25, -0.2) is 0 Å². The molecule has 1 fully saturated rings. The lowest BCUT2D eigenvalue weighted by Crippen LogP contribution is -2.35. The molecule has 1 aliphatic heterocycles. The molecule has 1 aromatic rings. The van der Waals surface area contributed by atoms with Crippen molar-refractivity contribution in [2.24, 2.45) is 11.8 Å². The van der Waals surface area contributed by atoms with E-state index in [2.05, 4.69) is 35.1 Å². The molecule has 0 radical (unpaired) electrons. The Balaban J connectivity index is 1.88. The van der Waals surface area contributed by atoms with Crippen molar-refractivity contribution < 1.29 is 19.1 Å². The van der Waals surface area contributed by atoms with Crippen LogP contribution >= 0.6 is 15.9 Å². The summed E-state index contributed by atoms with van der Waals surface area (Å²) in [4.78, 5) is 26.2. The van der Waals surface area contributed by atoms with Gasteiger partial charge in [0, 0.05) is 30.5 Å². The second kappa shape index (κ2) is 9.26. The third kappa shape index (κ3) is 5.13. The van der Waals surface area contributed by atoms with E-state index < -0.39 is 0 Å². The first kappa shape index (κ1) is 20.6. The predicted molar refractivity (Wildman–Crippen MR) is 103 cm³/mol. The van der Waals surface area contributed by atoms with Gasteiger partial charge in [0.2, 0.25) is 11.8 Å². The average molecular weight is 427 g/mol. The molecule has 2 amide bonds. The fourth-order valence-electron chi connectivity index (χ4n) is 3.12. The lowest BCUT2D eigenvalue weighted by atomic mass is 10.1. The average Bonchev–Trinajstić information content (AvgIpc) is 2.95. The molecule has 1 aliphatic rings. The Hall–Kier alpha value is -1.76. The third-order valence-electron chi connectivity index (χ3n) is 4.42. The van der Waals surface area contributed by atoms with Crippen LogP contribution in [-0.2, 0) is 16.0 Å². The number of methoxy groups -OCH3 is 2. The van der Waals surface area contributed by atoms with Crippen molar-refractivity contribution in [3.63, 3.8) is 0 Å². The quantitative estimate of drug-likeness (QED) is 0.693. The van der Waals surface area contributed by atoms with Gasteiger partial charge < -0.3 is 19.7 Å². The zero-order chi connectivity index (χ0) is 19.3. The fraction of sp³-hybridized carbons (Fsp3) is 0.579. The molecule has 1 N–H and O–H groups in total. The Morgan fingerprint density at radius 3 is 2.58 bits per heavy atom. The van der Waals surface area contributed by atoms with Crippen LogP contribution in [0.25, 0.3) is 0 Å². The van der Waals surface area contributed by atoms with Crippen LogP contribution < -0.4 is 14.8 Å². The van der Waals surface area contributed by atoms with Crippen LogP contribution in [0.3, 0.4) is 0 Å². The van der Waals surface area contributed by atoms with Gasteiger partial charge in [-0.3, -0.25) is 9.59 Å². The van der Waals surface area contributed by atoms with E-state index in [-0.39, 0.29) is 17.7 Å². The number of nitrogens with zero attached hydrogens (tertiary/aromatic N) is 1. The highest BCUT2D eigenvalue weighted by molar-refractivity contribution is 9.10. The van der Waals surface area contributed by atoms with Crippen LogP contribution in [0.1, 0.15) is 25.8 Å².